The summed E-state index contributed by atoms with van der Waals surface area (Å²) < 4.78 is 10.9. The molecule has 3 atom stereocenters. The minimum Gasteiger partial charge on any atom is -0.497 e. The summed E-state index contributed by atoms with van der Waals surface area (Å²) in [4.78, 5) is 18.3. The largest absolute Gasteiger partial charge is 0.497 e. The third kappa shape index (κ3) is 3.23. The number of anilines is 1. The third-order valence-corrected chi connectivity index (χ3v) is 5.84. The zero-order valence-corrected chi connectivity index (χ0v) is 16.2. The van der Waals surface area contributed by atoms with Gasteiger partial charge in [0.1, 0.15) is 17.3 Å². The highest BCUT2D eigenvalue weighted by molar-refractivity contribution is 6.10. The molecule has 3 aromatic rings. The molecule has 1 saturated carbocycles. The Morgan fingerprint density at radius 3 is 2.62 bits per heavy atom. The fourth-order valence-electron chi connectivity index (χ4n) is 4.41. The Labute approximate surface area is 169 Å². The summed E-state index contributed by atoms with van der Waals surface area (Å²) in [6.07, 6.45) is 2.84. The van der Waals surface area contributed by atoms with Gasteiger partial charge in [0, 0.05) is 18.1 Å². The molecule has 5 heteroatoms. The lowest BCUT2D eigenvalue weighted by molar-refractivity contribution is -0.122. The molecule has 5 rings (SSSR count). The zero-order valence-electron chi connectivity index (χ0n) is 16.2. The first-order valence-electron chi connectivity index (χ1n) is 9.86. The molecule has 2 heterocycles. The van der Waals surface area contributed by atoms with E-state index in [0.29, 0.717) is 12.8 Å². The highest BCUT2D eigenvalue weighted by Gasteiger charge is 2.42. The van der Waals surface area contributed by atoms with Gasteiger partial charge in [0.2, 0.25) is 0 Å². The second-order valence-corrected chi connectivity index (χ2v) is 7.58. The summed E-state index contributed by atoms with van der Waals surface area (Å²) in [5.74, 6) is 1.57. The molecule has 0 spiro atoms. The number of ether oxygens (including phenoxy) is 1. The van der Waals surface area contributed by atoms with Gasteiger partial charge in [-0.05, 0) is 48.4 Å². The Balaban J connectivity index is 1.58. The molecule has 5 nitrogen and oxygen atoms in total. The minimum atomic E-state index is -0.304. The van der Waals surface area contributed by atoms with E-state index in [0.717, 1.165) is 34.2 Å². The van der Waals surface area contributed by atoms with Gasteiger partial charge in [-0.25, -0.2) is 0 Å². The van der Waals surface area contributed by atoms with Gasteiger partial charge in [0.15, 0.2) is 0 Å². The number of aliphatic imine (C=N–C) groups is 1. The number of benzene rings is 2. The molecule has 1 N–H and O–H groups in total. The fraction of sp³-hybridized carbons (Fsp3) is 0.250. The van der Waals surface area contributed by atoms with Crippen molar-refractivity contribution in [3.8, 4) is 5.75 Å². The standard InChI is InChI=1S/C24H22N2O3/c1-28-17-10-8-15(9-11-17)24-23-20(25-18-5-2-3-6-19(18)26-24)13-16(14-21(23)27)22-7-4-12-29-22/h2-12,16,23-24,26H,13-14H2,1H3/t16-,23-,24+/m1/s1. The summed E-state index contributed by atoms with van der Waals surface area (Å²) in [6, 6.07) is 19.5. The predicted molar refractivity (Wildman–Crippen MR) is 112 cm³/mol. The van der Waals surface area contributed by atoms with Crippen LogP contribution in [0, 0.1) is 5.92 Å². The van der Waals surface area contributed by atoms with E-state index in [1.54, 1.807) is 13.4 Å². The maximum absolute atomic E-state index is 13.4. The number of nitrogens with one attached hydrogen (secondary N) is 1. The summed E-state index contributed by atoms with van der Waals surface area (Å²) in [5, 5.41) is 3.59. The first-order valence-corrected chi connectivity index (χ1v) is 9.86. The molecule has 1 aliphatic heterocycles. The van der Waals surface area contributed by atoms with Gasteiger partial charge in [-0.15, -0.1) is 0 Å². The molecule has 0 unspecified atom stereocenters. The SMILES string of the molecule is COc1ccc([C@@H]2Nc3ccccc3N=C3C[C@@H](c4ccco4)CC(=O)[C@@H]32)cc1. The van der Waals surface area contributed by atoms with Crippen molar-refractivity contribution >= 4 is 22.9 Å². The zero-order chi connectivity index (χ0) is 19.8. The van der Waals surface area contributed by atoms with Crippen LogP contribution in [0.4, 0.5) is 11.4 Å². The molecule has 2 aromatic carbocycles. The quantitative estimate of drug-likeness (QED) is 0.664. The molecule has 2 aliphatic rings. The summed E-state index contributed by atoms with van der Waals surface area (Å²) >= 11 is 0. The Morgan fingerprint density at radius 1 is 1.03 bits per heavy atom. The number of para-hydroxylation sites is 2. The van der Waals surface area contributed by atoms with Crippen LogP contribution in [0.3, 0.4) is 0 Å². The number of nitrogens with zero attached hydrogens (tertiary/aromatic N) is 1. The maximum atomic E-state index is 13.4. The Morgan fingerprint density at radius 2 is 1.86 bits per heavy atom. The van der Waals surface area contributed by atoms with Crippen molar-refractivity contribution in [3.05, 3.63) is 78.3 Å². The third-order valence-electron chi connectivity index (χ3n) is 5.84. The highest BCUT2D eigenvalue weighted by Crippen LogP contribution is 2.44. The number of hydrogen-bond donors (Lipinski definition) is 1. The summed E-state index contributed by atoms with van der Waals surface area (Å²) in [5.41, 5.74) is 3.78. The first-order chi connectivity index (χ1) is 14.2. The Hall–Kier alpha value is -3.34. The van der Waals surface area contributed by atoms with Gasteiger partial charge in [-0.2, -0.15) is 0 Å². The van der Waals surface area contributed by atoms with Crippen LogP contribution in [-0.4, -0.2) is 18.6 Å². The van der Waals surface area contributed by atoms with Gasteiger partial charge in [0.25, 0.3) is 0 Å². The molecule has 0 bridgehead atoms. The van der Waals surface area contributed by atoms with Gasteiger partial charge in [-0.1, -0.05) is 24.3 Å². The normalized spacial score (nSPS) is 23.3. The van der Waals surface area contributed by atoms with Gasteiger partial charge in [0.05, 0.1) is 36.7 Å². The van der Waals surface area contributed by atoms with Gasteiger partial charge < -0.3 is 14.5 Å². The van der Waals surface area contributed by atoms with Gasteiger partial charge in [-0.3, -0.25) is 9.79 Å². The van der Waals surface area contributed by atoms with Crippen molar-refractivity contribution in [1.29, 1.82) is 0 Å². The number of fused-ring (bicyclic) bond motifs is 2. The van der Waals surface area contributed by atoms with Crippen molar-refractivity contribution in [2.45, 2.75) is 24.8 Å². The van der Waals surface area contributed by atoms with Crippen molar-refractivity contribution in [2.75, 3.05) is 12.4 Å². The summed E-state index contributed by atoms with van der Waals surface area (Å²) in [7, 11) is 1.65. The van der Waals surface area contributed by atoms with Crippen molar-refractivity contribution < 1.29 is 13.9 Å². The van der Waals surface area contributed by atoms with E-state index in [2.05, 4.69) is 5.32 Å². The van der Waals surface area contributed by atoms with E-state index in [4.69, 9.17) is 14.1 Å². The molecule has 146 valence electrons. The van der Waals surface area contributed by atoms with E-state index in [9.17, 15) is 4.79 Å². The number of methoxy groups -OCH3 is 1. The number of hydrogen-bond acceptors (Lipinski definition) is 5. The second kappa shape index (κ2) is 7.24. The Bertz CT molecular complexity index is 1050. The molecule has 1 aliphatic carbocycles. The van der Waals surface area contributed by atoms with E-state index in [1.165, 1.54) is 0 Å². The van der Waals surface area contributed by atoms with Crippen LogP contribution < -0.4 is 10.1 Å². The smallest absolute Gasteiger partial charge is 0.144 e. The van der Waals surface area contributed by atoms with Crippen LogP contribution in [-0.2, 0) is 4.79 Å². The number of Topliss-reactive ketones (excluding diaryl/α,β-unsaturated/α-hetero) is 1. The average Bonchev–Trinajstić information content (AvgIpc) is 3.23. The van der Waals surface area contributed by atoms with Crippen LogP contribution in [0.1, 0.15) is 36.1 Å². The number of carbonyl (C=O) groups excluding carboxylic acids is 1. The summed E-state index contributed by atoms with van der Waals surface area (Å²) in [6.45, 7) is 0. The number of ketones is 1. The second-order valence-electron chi connectivity index (χ2n) is 7.58. The lowest BCUT2D eigenvalue weighted by atomic mass is 9.73. The van der Waals surface area contributed by atoms with Crippen molar-refractivity contribution in [2.24, 2.45) is 10.9 Å². The molecule has 0 radical (unpaired) electrons. The van der Waals surface area contributed by atoms with Crippen LogP contribution in [0.2, 0.25) is 0 Å². The van der Waals surface area contributed by atoms with Crippen molar-refractivity contribution in [1.82, 2.24) is 0 Å². The Kier molecular flexibility index (Phi) is 4.43. The molecular weight excluding hydrogens is 364 g/mol. The topological polar surface area (TPSA) is 63.8 Å². The minimum absolute atomic E-state index is 0.0364. The van der Waals surface area contributed by atoms with Crippen LogP contribution in [0.25, 0.3) is 0 Å². The van der Waals surface area contributed by atoms with E-state index in [1.807, 2.05) is 60.7 Å². The van der Waals surface area contributed by atoms with Crippen molar-refractivity contribution in [3.63, 3.8) is 0 Å². The van der Waals surface area contributed by atoms with Crippen LogP contribution >= 0.6 is 0 Å². The van der Waals surface area contributed by atoms with Crippen LogP contribution in [0.5, 0.6) is 5.75 Å². The fourth-order valence-corrected chi connectivity index (χ4v) is 4.41. The molecule has 0 saturated heterocycles. The molecule has 29 heavy (non-hydrogen) atoms. The molecule has 1 aromatic heterocycles. The number of rotatable bonds is 3. The van der Waals surface area contributed by atoms with Gasteiger partial charge >= 0.3 is 0 Å². The predicted octanol–water partition coefficient (Wildman–Crippen LogP) is 5.29. The average molecular weight is 386 g/mol. The van der Waals surface area contributed by atoms with E-state index >= 15 is 0 Å². The van der Waals surface area contributed by atoms with E-state index < -0.39 is 0 Å². The monoisotopic (exact) mass is 386 g/mol. The van der Waals surface area contributed by atoms with Crippen LogP contribution in [0.15, 0.2) is 76.3 Å². The highest BCUT2D eigenvalue weighted by atomic mass is 16.5. The molecule has 1 fully saturated rings. The maximum Gasteiger partial charge on any atom is 0.144 e. The van der Waals surface area contributed by atoms with E-state index in [-0.39, 0.29) is 23.7 Å². The number of furan rings is 1. The molecular formula is C24H22N2O3. The lowest BCUT2D eigenvalue weighted by Crippen LogP contribution is -2.38. The number of carbonyl (C=O) groups is 1. The first kappa shape index (κ1) is 17.7. The molecule has 0 amide bonds. The lowest BCUT2D eigenvalue weighted by Gasteiger charge is -2.33.